The molecule has 0 fully saturated rings. The lowest BCUT2D eigenvalue weighted by Crippen LogP contribution is -2.05. The molecule has 0 bridgehead atoms. The van der Waals surface area contributed by atoms with Crippen LogP contribution in [0.5, 0.6) is 0 Å². The SMILES string of the molecule is CCCCCCCCSC(C=O)CCCCC. The van der Waals surface area contributed by atoms with Crippen LogP contribution in [0.1, 0.15) is 78.1 Å². The van der Waals surface area contributed by atoms with Crippen molar-refractivity contribution in [1.82, 2.24) is 0 Å². The number of aldehydes is 1. The highest BCUT2D eigenvalue weighted by Gasteiger charge is 2.06. The standard InChI is InChI=1S/C15H30OS/c1-3-5-7-8-9-11-13-17-15(14-16)12-10-6-4-2/h14-15H,3-13H2,1-2H3. The zero-order chi connectivity index (χ0) is 12.8. The van der Waals surface area contributed by atoms with Crippen LogP contribution >= 0.6 is 11.8 Å². The molecule has 0 aliphatic carbocycles. The van der Waals surface area contributed by atoms with Gasteiger partial charge in [0.05, 0.1) is 5.25 Å². The summed E-state index contributed by atoms with van der Waals surface area (Å²) in [5.41, 5.74) is 0. The quantitative estimate of drug-likeness (QED) is 0.332. The molecule has 0 aromatic heterocycles. The molecule has 1 atom stereocenters. The first-order chi connectivity index (χ1) is 8.35. The summed E-state index contributed by atoms with van der Waals surface area (Å²) in [5, 5.41) is 0.261. The van der Waals surface area contributed by atoms with Crippen molar-refractivity contribution < 1.29 is 4.79 Å². The number of unbranched alkanes of at least 4 members (excludes halogenated alkanes) is 7. The minimum Gasteiger partial charge on any atom is -0.302 e. The molecule has 0 N–H and O–H groups in total. The predicted octanol–water partition coefficient (Wildman–Crippen LogP) is 5.23. The molecule has 102 valence electrons. The lowest BCUT2D eigenvalue weighted by Gasteiger charge is -2.09. The van der Waals surface area contributed by atoms with Gasteiger partial charge in [-0.05, 0) is 18.6 Å². The summed E-state index contributed by atoms with van der Waals surface area (Å²) in [6.07, 6.45) is 14.0. The molecule has 0 aromatic rings. The Labute approximate surface area is 112 Å². The Kier molecular flexibility index (Phi) is 14.1. The van der Waals surface area contributed by atoms with Gasteiger partial charge in [-0.15, -0.1) is 0 Å². The maximum atomic E-state index is 10.9. The Hall–Kier alpha value is 0.0200. The fourth-order valence-electron chi connectivity index (χ4n) is 1.90. The summed E-state index contributed by atoms with van der Waals surface area (Å²) in [6.45, 7) is 4.46. The van der Waals surface area contributed by atoms with Gasteiger partial charge < -0.3 is 4.79 Å². The normalized spacial score (nSPS) is 12.6. The molecule has 0 radical (unpaired) electrons. The lowest BCUT2D eigenvalue weighted by molar-refractivity contribution is -0.107. The molecule has 0 spiro atoms. The van der Waals surface area contributed by atoms with Crippen molar-refractivity contribution in [3.05, 3.63) is 0 Å². The van der Waals surface area contributed by atoms with Gasteiger partial charge in [-0.3, -0.25) is 0 Å². The van der Waals surface area contributed by atoms with Crippen LogP contribution in [0.3, 0.4) is 0 Å². The van der Waals surface area contributed by atoms with Crippen LogP contribution in [0, 0.1) is 0 Å². The van der Waals surface area contributed by atoms with E-state index in [1.54, 1.807) is 0 Å². The number of carbonyl (C=O) groups excluding carboxylic acids is 1. The third kappa shape index (κ3) is 12.3. The maximum absolute atomic E-state index is 10.9. The van der Waals surface area contributed by atoms with Crippen molar-refractivity contribution in [2.45, 2.75) is 83.3 Å². The Morgan fingerprint density at radius 2 is 1.47 bits per heavy atom. The Morgan fingerprint density at radius 1 is 0.882 bits per heavy atom. The highest BCUT2D eigenvalue weighted by atomic mass is 32.2. The van der Waals surface area contributed by atoms with Crippen molar-refractivity contribution in [1.29, 1.82) is 0 Å². The van der Waals surface area contributed by atoms with Crippen LogP contribution in [0.4, 0.5) is 0 Å². The van der Waals surface area contributed by atoms with E-state index in [1.165, 1.54) is 63.5 Å². The topological polar surface area (TPSA) is 17.1 Å². The van der Waals surface area contributed by atoms with E-state index < -0.39 is 0 Å². The first-order valence-corrected chi connectivity index (χ1v) is 8.46. The van der Waals surface area contributed by atoms with Crippen molar-refractivity contribution in [2.24, 2.45) is 0 Å². The molecule has 1 nitrogen and oxygen atoms in total. The van der Waals surface area contributed by atoms with E-state index in [0.717, 1.165) is 12.7 Å². The van der Waals surface area contributed by atoms with E-state index in [4.69, 9.17) is 0 Å². The van der Waals surface area contributed by atoms with Crippen LogP contribution in [-0.4, -0.2) is 17.3 Å². The van der Waals surface area contributed by atoms with Crippen LogP contribution in [0.25, 0.3) is 0 Å². The van der Waals surface area contributed by atoms with Gasteiger partial charge in [0.25, 0.3) is 0 Å². The number of hydrogen-bond donors (Lipinski definition) is 0. The summed E-state index contributed by atoms with van der Waals surface area (Å²) >= 11 is 1.87. The number of carbonyl (C=O) groups is 1. The molecule has 0 aromatic carbocycles. The highest BCUT2D eigenvalue weighted by molar-refractivity contribution is 8.00. The van der Waals surface area contributed by atoms with Gasteiger partial charge in [0.2, 0.25) is 0 Å². The molecule has 0 saturated heterocycles. The van der Waals surface area contributed by atoms with Crippen molar-refractivity contribution in [3.8, 4) is 0 Å². The van der Waals surface area contributed by atoms with E-state index in [1.807, 2.05) is 11.8 Å². The van der Waals surface area contributed by atoms with E-state index in [9.17, 15) is 4.79 Å². The van der Waals surface area contributed by atoms with E-state index in [2.05, 4.69) is 13.8 Å². The first-order valence-electron chi connectivity index (χ1n) is 7.42. The van der Waals surface area contributed by atoms with Gasteiger partial charge in [0, 0.05) is 0 Å². The highest BCUT2D eigenvalue weighted by Crippen LogP contribution is 2.18. The molecule has 0 heterocycles. The zero-order valence-corrected chi connectivity index (χ0v) is 12.6. The predicted molar refractivity (Wildman–Crippen MR) is 79.8 cm³/mol. The van der Waals surface area contributed by atoms with Gasteiger partial charge >= 0.3 is 0 Å². The van der Waals surface area contributed by atoms with Crippen molar-refractivity contribution in [2.75, 3.05) is 5.75 Å². The zero-order valence-electron chi connectivity index (χ0n) is 11.7. The molecule has 1 unspecified atom stereocenters. The summed E-state index contributed by atoms with van der Waals surface area (Å²) < 4.78 is 0. The Bertz CT molecular complexity index is 159. The second-order valence-electron chi connectivity index (χ2n) is 4.81. The third-order valence-corrected chi connectivity index (χ3v) is 4.37. The third-order valence-electron chi connectivity index (χ3n) is 3.07. The van der Waals surface area contributed by atoms with Gasteiger partial charge in [-0.25, -0.2) is 0 Å². The average molecular weight is 258 g/mol. The Morgan fingerprint density at radius 3 is 2.12 bits per heavy atom. The second kappa shape index (κ2) is 14.1. The summed E-state index contributed by atoms with van der Waals surface area (Å²) in [4.78, 5) is 10.9. The minimum atomic E-state index is 0.261. The largest absolute Gasteiger partial charge is 0.302 e. The van der Waals surface area contributed by atoms with Crippen LogP contribution in [0.2, 0.25) is 0 Å². The van der Waals surface area contributed by atoms with Crippen LogP contribution < -0.4 is 0 Å². The molecule has 0 saturated carbocycles. The smallest absolute Gasteiger partial charge is 0.132 e. The Balaban J connectivity index is 3.28. The van der Waals surface area contributed by atoms with Crippen LogP contribution in [0.15, 0.2) is 0 Å². The molecular weight excluding hydrogens is 228 g/mol. The number of thioether (sulfide) groups is 1. The lowest BCUT2D eigenvalue weighted by atomic mass is 10.1. The van der Waals surface area contributed by atoms with E-state index in [0.29, 0.717) is 0 Å². The molecule has 2 heteroatoms. The fourth-order valence-corrected chi connectivity index (χ4v) is 2.99. The van der Waals surface area contributed by atoms with Gasteiger partial charge in [-0.1, -0.05) is 65.2 Å². The first kappa shape index (κ1) is 17.0. The second-order valence-corrected chi connectivity index (χ2v) is 6.16. The summed E-state index contributed by atoms with van der Waals surface area (Å²) in [6, 6.07) is 0. The molecule has 0 aliphatic rings. The molecule has 0 aliphatic heterocycles. The van der Waals surface area contributed by atoms with E-state index in [-0.39, 0.29) is 5.25 Å². The van der Waals surface area contributed by atoms with Crippen molar-refractivity contribution >= 4 is 18.0 Å². The molecule has 0 amide bonds. The van der Waals surface area contributed by atoms with Gasteiger partial charge in [0.15, 0.2) is 0 Å². The molecule has 0 rings (SSSR count). The average Bonchev–Trinajstić information content (AvgIpc) is 2.35. The minimum absolute atomic E-state index is 0.261. The van der Waals surface area contributed by atoms with E-state index >= 15 is 0 Å². The van der Waals surface area contributed by atoms with Gasteiger partial charge in [-0.2, -0.15) is 11.8 Å². The summed E-state index contributed by atoms with van der Waals surface area (Å²) in [7, 11) is 0. The number of rotatable bonds is 13. The van der Waals surface area contributed by atoms with Crippen molar-refractivity contribution in [3.63, 3.8) is 0 Å². The fraction of sp³-hybridized carbons (Fsp3) is 0.933. The summed E-state index contributed by atoms with van der Waals surface area (Å²) in [5.74, 6) is 1.17. The molecule has 17 heavy (non-hydrogen) atoms. The molecular formula is C15H30OS. The number of hydrogen-bond acceptors (Lipinski definition) is 2. The van der Waals surface area contributed by atoms with Crippen LogP contribution in [-0.2, 0) is 4.79 Å². The monoisotopic (exact) mass is 258 g/mol. The van der Waals surface area contributed by atoms with Gasteiger partial charge in [0.1, 0.15) is 6.29 Å². The maximum Gasteiger partial charge on any atom is 0.132 e.